The van der Waals surface area contributed by atoms with Gasteiger partial charge in [0.05, 0.1) is 15.9 Å². The number of nitrogens with one attached hydrogen (secondary N) is 1. The Kier molecular flexibility index (Phi) is 5.00. The number of halogens is 1. The van der Waals surface area contributed by atoms with Crippen LogP contribution in [-0.2, 0) is 13.0 Å². The topological polar surface area (TPSA) is 46.4 Å². The number of carbonyl (C=O) groups excluding carboxylic acids is 1. The van der Waals surface area contributed by atoms with Gasteiger partial charge in [-0.3, -0.25) is 9.20 Å². The molecule has 1 N–H and O–H groups in total. The molecule has 0 radical (unpaired) electrons. The highest BCUT2D eigenvalue weighted by Gasteiger charge is 2.13. The Balaban J connectivity index is 1.38. The molecule has 5 rings (SSSR count). The first kappa shape index (κ1) is 19.5. The Morgan fingerprint density at radius 3 is 2.52 bits per heavy atom. The normalized spacial score (nSPS) is 11.3. The second-order valence-corrected chi connectivity index (χ2v) is 8.43. The van der Waals surface area contributed by atoms with Gasteiger partial charge in [0.15, 0.2) is 4.96 Å². The largest absolute Gasteiger partial charge is 0.348 e. The molecule has 5 aromatic rings. The second-order valence-electron chi connectivity index (χ2n) is 7.42. The maximum Gasteiger partial charge on any atom is 0.251 e. The molecule has 0 saturated carbocycles. The van der Waals surface area contributed by atoms with Crippen LogP contribution in [0.2, 0.25) is 0 Å². The predicted octanol–water partition coefficient (Wildman–Crippen LogP) is 5.85. The Morgan fingerprint density at radius 2 is 1.77 bits per heavy atom. The number of hydrogen-bond acceptors (Lipinski definition) is 3. The Morgan fingerprint density at radius 1 is 1.03 bits per heavy atom. The monoisotopic (exact) mass is 429 g/mol. The van der Waals surface area contributed by atoms with E-state index < -0.39 is 0 Å². The minimum Gasteiger partial charge on any atom is -0.348 e. The van der Waals surface area contributed by atoms with Crippen LogP contribution in [0.5, 0.6) is 0 Å². The molecule has 31 heavy (non-hydrogen) atoms. The molecule has 2 aromatic heterocycles. The zero-order valence-corrected chi connectivity index (χ0v) is 17.7. The lowest BCUT2D eigenvalue weighted by atomic mass is 10.1. The van der Waals surface area contributed by atoms with Crippen molar-refractivity contribution in [3.63, 3.8) is 0 Å². The first-order valence-corrected chi connectivity index (χ1v) is 11.0. The van der Waals surface area contributed by atoms with E-state index in [1.807, 2.05) is 24.4 Å². The molecule has 154 valence electrons. The standard InChI is InChI=1S/C25H20FN3OS/c1-2-16-3-7-18(8-4-16)21-15-29-22-12-9-19(13-23(22)31-25(29)28-21)24(30)27-14-17-5-10-20(26)11-6-17/h3-13,15H,2,14H2,1H3,(H,27,30). The van der Waals surface area contributed by atoms with Crippen molar-refractivity contribution in [3.05, 3.63) is 95.4 Å². The molecule has 6 heteroatoms. The van der Waals surface area contributed by atoms with Crippen LogP contribution in [0.1, 0.15) is 28.4 Å². The van der Waals surface area contributed by atoms with Gasteiger partial charge in [0.25, 0.3) is 5.91 Å². The molecule has 0 spiro atoms. The van der Waals surface area contributed by atoms with Gasteiger partial charge in [-0.25, -0.2) is 9.37 Å². The maximum absolute atomic E-state index is 13.0. The minimum atomic E-state index is -0.288. The van der Waals surface area contributed by atoms with Gasteiger partial charge in [0.2, 0.25) is 0 Å². The number of imidazole rings is 1. The van der Waals surface area contributed by atoms with Crippen molar-refractivity contribution in [3.8, 4) is 11.3 Å². The second kappa shape index (κ2) is 7.96. The van der Waals surface area contributed by atoms with E-state index in [2.05, 4.69) is 40.9 Å². The van der Waals surface area contributed by atoms with Crippen LogP contribution in [0.15, 0.2) is 72.9 Å². The fourth-order valence-electron chi connectivity index (χ4n) is 3.58. The fourth-order valence-corrected chi connectivity index (χ4v) is 4.63. The number of carbonyl (C=O) groups is 1. The van der Waals surface area contributed by atoms with E-state index in [0.717, 1.165) is 38.4 Å². The van der Waals surface area contributed by atoms with E-state index in [4.69, 9.17) is 4.98 Å². The molecule has 0 unspecified atom stereocenters. The number of benzene rings is 3. The summed E-state index contributed by atoms with van der Waals surface area (Å²) in [5.41, 5.74) is 5.81. The first-order chi connectivity index (χ1) is 15.1. The molecule has 0 bridgehead atoms. The summed E-state index contributed by atoms with van der Waals surface area (Å²) >= 11 is 1.56. The third kappa shape index (κ3) is 3.82. The van der Waals surface area contributed by atoms with Crippen molar-refractivity contribution in [1.29, 1.82) is 0 Å². The highest BCUT2D eigenvalue weighted by Crippen LogP contribution is 2.30. The average Bonchev–Trinajstić information content (AvgIpc) is 3.36. The molecular weight excluding hydrogens is 409 g/mol. The molecule has 0 atom stereocenters. The van der Waals surface area contributed by atoms with Gasteiger partial charge >= 0.3 is 0 Å². The van der Waals surface area contributed by atoms with E-state index in [1.165, 1.54) is 17.7 Å². The van der Waals surface area contributed by atoms with E-state index in [0.29, 0.717) is 12.1 Å². The summed E-state index contributed by atoms with van der Waals surface area (Å²) in [6, 6.07) is 20.3. The van der Waals surface area contributed by atoms with Crippen LogP contribution < -0.4 is 5.32 Å². The van der Waals surface area contributed by atoms with E-state index in [1.54, 1.807) is 23.5 Å². The van der Waals surface area contributed by atoms with E-state index in [9.17, 15) is 9.18 Å². The van der Waals surface area contributed by atoms with Crippen molar-refractivity contribution in [2.75, 3.05) is 0 Å². The van der Waals surface area contributed by atoms with Gasteiger partial charge in [-0.05, 0) is 47.9 Å². The van der Waals surface area contributed by atoms with Crippen molar-refractivity contribution < 1.29 is 9.18 Å². The number of fused-ring (bicyclic) bond motifs is 3. The van der Waals surface area contributed by atoms with Gasteiger partial charge in [0, 0.05) is 23.9 Å². The average molecular weight is 430 g/mol. The summed E-state index contributed by atoms with van der Waals surface area (Å²) in [5, 5.41) is 2.89. The Labute approximate surface area is 183 Å². The molecule has 0 aliphatic carbocycles. The summed E-state index contributed by atoms with van der Waals surface area (Å²) < 4.78 is 16.1. The minimum absolute atomic E-state index is 0.158. The molecule has 0 aliphatic heterocycles. The SMILES string of the molecule is CCc1ccc(-c2cn3c(n2)sc2cc(C(=O)NCc4ccc(F)cc4)ccc23)cc1. The number of aromatic nitrogens is 2. The number of amides is 1. The first-order valence-electron chi connectivity index (χ1n) is 10.1. The van der Waals surface area contributed by atoms with Crippen LogP contribution in [-0.4, -0.2) is 15.3 Å². The third-order valence-corrected chi connectivity index (χ3v) is 6.40. The molecule has 0 saturated heterocycles. The van der Waals surface area contributed by atoms with E-state index >= 15 is 0 Å². The zero-order chi connectivity index (χ0) is 21.4. The number of thiazole rings is 1. The summed E-state index contributed by atoms with van der Waals surface area (Å²) in [6.07, 6.45) is 3.06. The smallest absolute Gasteiger partial charge is 0.251 e. The molecule has 3 aromatic carbocycles. The molecule has 1 amide bonds. The zero-order valence-electron chi connectivity index (χ0n) is 16.9. The van der Waals surface area contributed by atoms with Crippen LogP contribution >= 0.6 is 11.3 Å². The van der Waals surface area contributed by atoms with Gasteiger partial charge in [-0.1, -0.05) is 54.7 Å². The number of nitrogens with zero attached hydrogens (tertiary/aromatic N) is 2. The molecule has 0 aliphatic rings. The third-order valence-electron chi connectivity index (χ3n) is 5.38. The molecule has 0 fully saturated rings. The van der Waals surface area contributed by atoms with Gasteiger partial charge in [0.1, 0.15) is 5.82 Å². The summed E-state index contributed by atoms with van der Waals surface area (Å²) in [5.74, 6) is -0.446. The van der Waals surface area contributed by atoms with Gasteiger partial charge in [-0.2, -0.15) is 0 Å². The number of hydrogen-bond donors (Lipinski definition) is 1. The molecular formula is C25H20FN3OS. The Hall–Kier alpha value is -3.51. The van der Waals surface area contributed by atoms with Crippen molar-refractivity contribution in [2.45, 2.75) is 19.9 Å². The van der Waals surface area contributed by atoms with Gasteiger partial charge in [-0.15, -0.1) is 0 Å². The lowest BCUT2D eigenvalue weighted by Crippen LogP contribution is -2.22. The summed E-state index contributed by atoms with van der Waals surface area (Å²) in [7, 11) is 0. The summed E-state index contributed by atoms with van der Waals surface area (Å²) in [6.45, 7) is 2.50. The van der Waals surface area contributed by atoms with Crippen molar-refractivity contribution in [1.82, 2.24) is 14.7 Å². The van der Waals surface area contributed by atoms with Crippen LogP contribution in [0.4, 0.5) is 4.39 Å². The van der Waals surface area contributed by atoms with Crippen LogP contribution in [0.25, 0.3) is 26.4 Å². The quantitative estimate of drug-likeness (QED) is 0.381. The van der Waals surface area contributed by atoms with Gasteiger partial charge < -0.3 is 5.32 Å². The van der Waals surface area contributed by atoms with Crippen LogP contribution in [0, 0.1) is 5.82 Å². The van der Waals surface area contributed by atoms with Crippen molar-refractivity contribution in [2.24, 2.45) is 0 Å². The summed E-state index contributed by atoms with van der Waals surface area (Å²) in [4.78, 5) is 18.3. The van der Waals surface area contributed by atoms with Crippen LogP contribution in [0.3, 0.4) is 0 Å². The number of rotatable bonds is 5. The van der Waals surface area contributed by atoms with Crippen molar-refractivity contribution >= 4 is 32.4 Å². The predicted molar refractivity (Wildman–Crippen MR) is 123 cm³/mol. The lowest BCUT2D eigenvalue weighted by molar-refractivity contribution is 0.0951. The number of aryl methyl sites for hydroxylation is 1. The molecule has 4 nitrogen and oxygen atoms in total. The highest BCUT2D eigenvalue weighted by atomic mass is 32.1. The highest BCUT2D eigenvalue weighted by molar-refractivity contribution is 7.23. The Bertz CT molecular complexity index is 1380. The lowest BCUT2D eigenvalue weighted by Gasteiger charge is -2.05. The fraction of sp³-hybridized carbons (Fsp3) is 0.120. The molecule has 2 heterocycles. The van der Waals surface area contributed by atoms with E-state index in [-0.39, 0.29) is 11.7 Å². The maximum atomic E-state index is 13.0.